The van der Waals surface area contributed by atoms with Gasteiger partial charge in [0, 0.05) is 24.9 Å². The largest absolute Gasteiger partial charge is 0.418 e. The summed E-state index contributed by atoms with van der Waals surface area (Å²) in [5.74, 6) is -2.14. The van der Waals surface area contributed by atoms with Crippen molar-refractivity contribution in [3.8, 4) is 0 Å². The number of benzene rings is 1. The van der Waals surface area contributed by atoms with Crippen LogP contribution in [0.5, 0.6) is 0 Å². The molecular weight excluding hydrogens is 325 g/mol. The lowest BCUT2D eigenvalue weighted by Crippen LogP contribution is -2.10. The van der Waals surface area contributed by atoms with E-state index in [1.165, 1.54) is 0 Å². The molecule has 1 aromatic carbocycles. The Morgan fingerprint density at radius 1 is 1.13 bits per heavy atom. The van der Waals surface area contributed by atoms with Crippen LogP contribution < -0.4 is 5.32 Å². The third kappa shape index (κ3) is 4.11. The minimum atomic E-state index is -4.78. The molecule has 0 radical (unpaired) electrons. The van der Waals surface area contributed by atoms with E-state index in [2.05, 4.69) is 10.3 Å². The second kappa shape index (κ2) is 6.15. The minimum absolute atomic E-state index is 0.110. The average molecular weight is 333 g/mol. The molecule has 23 heavy (non-hydrogen) atoms. The van der Waals surface area contributed by atoms with Crippen LogP contribution in [0.1, 0.15) is 11.1 Å². The van der Waals surface area contributed by atoms with Crippen molar-refractivity contribution in [2.24, 2.45) is 0 Å². The topological polar surface area (TPSA) is 68.1 Å². The van der Waals surface area contributed by atoms with Crippen LogP contribution >= 0.6 is 0 Å². The van der Waals surface area contributed by atoms with E-state index in [9.17, 15) is 32.1 Å². The summed E-state index contributed by atoms with van der Waals surface area (Å²) in [4.78, 5) is 13.2. The van der Waals surface area contributed by atoms with E-state index in [1.54, 1.807) is 0 Å². The van der Waals surface area contributed by atoms with Crippen LogP contribution in [0.4, 0.5) is 33.5 Å². The first-order chi connectivity index (χ1) is 10.7. The molecule has 2 aromatic rings. The van der Waals surface area contributed by atoms with Gasteiger partial charge in [0.05, 0.1) is 10.5 Å². The number of pyridine rings is 1. The van der Waals surface area contributed by atoms with Gasteiger partial charge in [-0.25, -0.2) is 13.8 Å². The summed E-state index contributed by atoms with van der Waals surface area (Å²) in [5, 5.41) is 13.2. The van der Waals surface area contributed by atoms with E-state index in [4.69, 9.17) is 0 Å². The maximum atomic E-state index is 13.0. The van der Waals surface area contributed by atoms with Gasteiger partial charge in [0.15, 0.2) is 0 Å². The van der Waals surface area contributed by atoms with Crippen LogP contribution in [0.3, 0.4) is 0 Å². The van der Waals surface area contributed by atoms with Crippen molar-refractivity contribution >= 4 is 11.5 Å². The molecule has 0 aliphatic carbocycles. The summed E-state index contributed by atoms with van der Waals surface area (Å²) in [6, 6.07) is 2.93. The Labute approximate surface area is 125 Å². The molecule has 0 atom stereocenters. The minimum Gasteiger partial charge on any atom is -0.360 e. The first-order valence-electron chi connectivity index (χ1n) is 6.07. The summed E-state index contributed by atoms with van der Waals surface area (Å²) in [5.41, 5.74) is -2.05. The quantitative estimate of drug-likeness (QED) is 0.523. The molecule has 0 saturated carbocycles. The fourth-order valence-corrected chi connectivity index (χ4v) is 1.78. The van der Waals surface area contributed by atoms with Gasteiger partial charge in [-0.15, -0.1) is 0 Å². The maximum absolute atomic E-state index is 13.0. The van der Waals surface area contributed by atoms with Gasteiger partial charge in [0.1, 0.15) is 11.6 Å². The molecular formula is C13H8F5N3O2. The number of halogens is 5. The van der Waals surface area contributed by atoms with E-state index >= 15 is 0 Å². The zero-order valence-corrected chi connectivity index (χ0v) is 11.2. The van der Waals surface area contributed by atoms with Crippen molar-refractivity contribution in [2.75, 3.05) is 5.32 Å². The fraction of sp³-hybridized carbons (Fsp3) is 0.154. The Bertz CT molecular complexity index is 729. The molecule has 0 amide bonds. The van der Waals surface area contributed by atoms with E-state index in [0.29, 0.717) is 18.3 Å². The van der Waals surface area contributed by atoms with Gasteiger partial charge < -0.3 is 5.32 Å². The number of nitrogens with zero attached hydrogens (tertiary/aromatic N) is 2. The normalized spacial score (nSPS) is 11.3. The van der Waals surface area contributed by atoms with E-state index in [-0.39, 0.29) is 12.1 Å². The number of rotatable bonds is 4. The van der Waals surface area contributed by atoms with E-state index in [1.807, 2.05) is 0 Å². The average Bonchev–Trinajstić information content (AvgIpc) is 2.42. The molecule has 1 aromatic heterocycles. The summed E-state index contributed by atoms with van der Waals surface area (Å²) in [6.07, 6.45) is -4.34. The van der Waals surface area contributed by atoms with E-state index in [0.717, 1.165) is 12.1 Å². The third-order valence-electron chi connectivity index (χ3n) is 2.77. The number of hydrogen-bond donors (Lipinski definition) is 1. The monoisotopic (exact) mass is 333 g/mol. The van der Waals surface area contributed by atoms with Crippen molar-refractivity contribution in [1.29, 1.82) is 0 Å². The first kappa shape index (κ1) is 16.6. The highest BCUT2D eigenvalue weighted by Gasteiger charge is 2.33. The number of nitro groups is 1. The molecule has 10 heteroatoms. The highest BCUT2D eigenvalue weighted by atomic mass is 19.4. The smallest absolute Gasteiger partial charge is 0.360 e. The Morgan fingerprint density at radius 2 is 1.74 bits per heavy atom. The van der Waals surface area contributed by atoms with Crippen LogP contribution in [0.2, 0.25) is 0 Å². The van der Waals surface area contributed by atoms with Gasteiger partial charge >= 0.3 is 11.9 Å². The molecule has 0 unspecified atom stereocenters. The Kier molecular flexibility index (Phi) is 4.43. The molecule has 1 heterocycles. The van der Waals surface area contributed by atoms with Crippen LogP contribution in [0.15, 0.2) is 30.5 Å². The van der Waals surface area contributed by atoms with E-state index < -0.39 is 39.8 Å². The molecule has 122 valence electrons. The predicted molar refractivity (Wildman–Crippen MR) is 69.6 cm³/mol. The van der Waals surface area contributed by atoms with Gasteiger partial charge in [0.2, 0.25) is 5.82 Å². The standard InChI is InChI=1S/C13H8F5N3O2/c14-9-1-7(2-10(15)4-9)5-19-12-11(21(22)23)3-8(6-20-12)13(16,17)18/h1-4,6H,5H2,(H,19,20). The molecule has 0 fully saturated rings. The lowest BCUT2D eigenvalue weighted by molar-refractivity contribution is -0.384. The molecule has 5 nitrogen and oxygen atoms in total. The maximum Gasteiger partial charge on any atom is 0.418 e. The predicted octanol–water partition coefficient (Wildman–Crippen LogP) is 3.90. The summed E-state index contributed by atoms with van der Waals surface area (Å²) in [6.45, 7) is -0.256. The molecule has 1 N–H and O–H groups in total. The molecule has 0 aliphatic rings. The molecule has 0 spiro atoms. The van der Waals surface area contributed by atoms with Gasteiger partial charge in [-0.2, -0.15) is 13.2 Å². The van der Waals surface area contributed by atoms with Gasteiger partial charge in [-0.05, 0) is 17.7 Å². The van der Waals surface area contributed by atoms with Gasteiger partial charge in [0.25, 0.3) is 0 Å². The second-order valence-corrected chi connectivity index (χ2v) is 4.48. The van der Waals surface area contributed by atoms with Gasteiger partial charge in [-0.3, -0.25) is 10.1 Å². The summed E-state index contributed by atoms with van der Waals surface area (Å²) < 4.78 is 63.7. The number of anilines is 1. The number of alkyl halides is 3. The highest BCUT2D eigenvalue weighted by molar-refractivity contribution is 5.57. The molecule has 0 bridgehead atoms. The molecule has 0 saturated heterocycles. The zero-order chi connectivity index (χ0) is 17.2. The summed E-state index contributed by atoms with van der Waals surface area (Å²) >= 11 is 0. The van der Waals surface area contributed by atoms with Crippen molar-refractivity contribution in [2.45, 2.75) is 12.7 Å². The second-order valence-electron chi connectivity index (χ2n) is 4.48. The first-order valence-corrected chi connectivity index (χ1v) is 6.07. The van der Waals surface area contributed by atoms with Crippen molar-refractivity contribution < 1.29 is 26.9 Å². The third-order valence-corrected chi connectivity index (χ3v) is 2.77. The molecule has 0 aliphatic heterocycles. The number of hydrogen-bond acceptors (Lipinski definition) is 4. The van der Waals surface area contributed by atoms with Crippen molar-refractivity contribution in [3.63, 3.8) is 0 Å². The fourth-order valence-electron chi connectivity index (χ4n) is 1.78. The van der Waals surface area contributed by atoms with Gasteiger partial charge in [-0.1, -0.05) is 0 Å². The SMILES string of the molecule is O=[N+]([O-])c1cc(C(F)(F)F)cnc1NCc1cc(F)cc(F)c1. The lowest BCUT2D eigenvalue weighted by Gasteiger charge is -2.10. The Morgan fingerprint density at radius 3 is 2.26 bits per heavy atom. The summed E-state index contributed by atoms with van der Waals surface area (Å²) in [7, 11) is 0. The number of nitrogens with one attached hydrogen (secondary N) is 1. The lowest BCUT2D eigenvalue weighted by atomic mass is 10.2. The Hall–Kier alpha value is -2.78. The highest BCUT2D eigenvalue weighted by Crippen LogP contribution is 2.33. The van der Waals surface area contributed by atoms with Crippen LogP contribution in [-0.2, 0) is 12.7 Å². The number of aromatic nitrogens is 1. The van der Waals surface area contributed by atoms with Crippen LogP contribution in [-0.4, -0.2) is 9.91 Å². The van der Waals surface area contributed by atoms with Crippen LogP contribution in [0, 0.1) is 21.7 Å². The Balaban J connectivity index is 2.27. The van der Waals surface area contributed by atoms with Crippen LogP contribution in [0.25, 0.3) is 0 Å². The van der Waals surface area contributed by atoms with Crippen molar-refractivity contribution in [1.82, 2.24) is 4.98 Å². The van der Waals surface area contributed by atoms with Crippen molar-refractivity contribution in [3.05, 3.63) is 63.3 Å². The molecule has 2 rings (SSSR count). The zero-order valence-electron chi connectivity index (χ0n) is 11.2.